The third-order valence-corrected chi connectivity index (χ3v) is 3.61. The molecule has 0 N–H and O–H groups in total. The van der Waals surface area contributed by atoms with Crippen LogP contribution in [0.2, 0.25) is 5.02 Å². The first-order valence-electron chi connectivity index (χ1n) is 9.96. The maximum atomic E-state index is 10.9. The Balaban J connectivity index is 0.00000143. The summed E-state index contributed by atoms with van der Waals surface area (Å²) in [5.74, 6) is 1.40. The van der Waals surface area contributed by atoms with Gasteiger partial charge in [-0.15, -0.1) is 0 Å². The lowest BCUT2D eigenvalue weighted by Gasteiger charge is -2.12. The molecule has 0 aliphatic heterocycles. The van der Waals surface area contributed by atoms with Crippen LogP contribution in [0, 0.1) is 29.9 Å². The Morgan fingerprint density at radius 3 is 2.17 bits per heavy atom. The lowest BCUT2D eigenvalue weighted by molar-refractivity contribution is -0.384. The van der Waals surface area contributed by atoms with Gasteiger partial charge in [-0.05, 0) is 43.5 Å². The zero-order chi connectivity index (χ0) is 22.6. The van der Waals surface area contributed by atoms with Crippen LogP contribution in [0.25, 0.3) is 0 Å². The molecule has 0 bridgehead atoms. The molecule has 6 heteroatoms. The van der Waals surface area contributed by atoms with Gasteiger partial charge in [-0.2, -0.15) is 0 Å². The number of nitro groups is 1. The van der Waals surface area contributed by atoms with Gasteiger partial charge in [0.2, 0.25) is 0 Å². The van der Waals surface area contributed by atoms with Crippen molar-refractivity contribution in [3.8, 4) is 11.5 Å². The van der Waals surface area contributed by atoms with E-state index in [0.717, 1.165) is 11.3 Å². The number of aryl methyl sites for hydroxylation is 2. The molecule has 29 heavy (non-hydrogen) atoms. The van der Waals surface area contributed by atoms with Gasteiger partial charge in [0.15, 0.2) is 0 Å². The van der Waals surface area contributed by atoms with Gasteiger partial charge in [0, 0.05) is 23.9 Å². The number of benzene rings is 2. The molecular weight excluding hydrogens is 388 g/mol. The highest BCUT2D eigenvalue weighted by Gasteiger charge is 2.15. The van der Waals surface area contributed by atoms with Gasteiger partial charge in [-0.3, -0.25) is 15.1 Å². The fourth-order valence-corrected chi connectivity index (χ4v) is 2.43. The number of nitrogens with zero attached hydrogens (tertiary/aromatic N) is 2. The fourth-order valence-electron chi connectivity index (χ4n) is 2.13. The van der Waals surface area contributed by atoms with Crippen molar-refractivity contribution in [1.29, 1.82) is 0 Å². The Labute approximate surface area is 179 Å². The molecule has 0 radical (unpaired) electrons. The standard InChI is InChI=1S/C18H19ClN2O3.C3H8.C2H6/c1-11(2)10-20-17-6-5-15(8-12(17)3)24-18-13(4)7-14(21(22)23)9-16(18)19;1-3-2;1-2/h5-11H,1-4H3;3H2,1-2H3;1-2H3. The zero-order valence-corrected chi connectivity index (χ0v) is 19.5. The van der Waals surface area contributed by atoms with Gasteiger partial charge >= 0.3 is 0 Å². The molecule has 0 atom stereocenters. The number of hydrogen-bond acceptors (Lipinski definition) is 4. The van der Waals surface area contributed by atoms with Crippen LogP contribution in [0.4, 0.5) is 11.4 Å². The van der Waals surface area contributed by atoms with Crippen molar-refractivity contribution in [2.75, 3.05) is 0 Å². The number of halogens is 1. The average molecular weight is 421 g/mol. The van der Waals surface area contributed by atoms with E-state index in [2.05, 4.69) is 32.7 Å². The summed E-state index contributed by atoms with van der Waals surface area (Å²) < 4.78 is 5.83. The van der Waals surface area contributed by atoms with Crippen LogP contribution in [0.5, 0.6) is 11.5 Å². The highest BCUT2D eigenvalue weighted by Crippen LogP contribution is 2.37. The van der Waals surface area contributed by atoms with Crippen LogP contribution < -0.4 is 4.74 Å². The van der Waals surface area contributed by atoms with E-state index in [1.807, 2.05) is 39.1 Å². The predicted octanol–water partition coefficient (Wildman–Crippen LogP) is 8.46. The fraction of sp³-hybridized carbons (Fsp3) is 0.435. The van der Waals surface area contributed by atoms with E-state index in [9.17, 15) is 10.1 Å². The normalized spacial score (nSPS) is 10.1. The highest BCUT2D eigenvalue weighted by molar-refractivity contribution is 6.32. The predicted molar refractivity (Wildman–Crippen MR) is 124 cm³/mol. The van der Waals surface area contributed by atoms with Crippen LogP contribution in [0.1, 0.15) is 59.1 Å². The second-order valence-electron chi connectivity index (χ2n) is 6.61. The summed E-state index contributed by atoms with van der Waals surface area (Å²) in [6.07, 6.45) is 3.14. The first-order valence-corrected chi connectivity index (χ1v) is 10.3. The molecule has 2 aromatic carbocycles. The van der Waals surface area contributed by atoms with Gasteiger partial charge < -0.3 is 4.74 Å². The van der Waals surface area contributed by atoms with E-state index in [-0.39, 0.29) is 10.7 Å². The summed E-state index contributed by atoms with van der Waals surface area (Å²) in [5.41, 5.74) is 2.40. The minimum absolute atomic E-state index is 0.0561. The van der Waals surface area contributed by atoms with Gasteiger partial charge in [0.1, 0.15) is 11.5 Å². The molecule has 5 nitrogen and oxygen atoms in total. The summed E-state index contributed by atoms with van der Waals surface area (Å²) in [4.78, 5) is 14.8. The number of rotatable bonds is 5. The molecular formula is C23H33ClN2O3. The molecule has 160 valence electrons. The Kier molecular flexibility index (Phi) is 12.6. The smallest absolute Gasteiger partial charge is 0.271 e. The van der Waals surface area contributed by atoms with Crippen molar-refractivity contribution in [2.45, 2.75) is 61.8 Å². The minimum Gasteiger partial charge on any atom is -0.456 e. The van der Waals surface area contributed by atoms with Crippen molar-refractivity contribution < 1.29 is 9.66 Å². The Hall–Kier alpha value is -2.40. The maximum absolute atomic E-state index is 10.9. The van der Waals surface area contributed by atoms with E-state index in [1.54, 1.807) is 13.0 Å². The van der Waals surface area contributed by atoms with Crippen LogP contribution in [0.15, 0.2) is 35.3 Å². The van der Waals surface area contributed by atoms with Crippen molar-refractivity contribution >= 4 is 29.2 Å². The van der Waals surface area contributed by atoms with Crippen molar-refractivity contribution in [1.82, 2.24) is 0 Å². The topological polar surface area (TPSA) is 64.7 Å². The monoisotopic (exact) mass is 420 g/mol. The van der Waals surface area contributed by atoms with Crippen LogP contribution in [-0.4, -0.2) is 11.1 Å². The van der Waals surface area contributed by atoms with E-state index in [4.69, 9.17) is 16.3 Å². The zero-order valence-electron chi connectivity index (χ0n) is 18.7. The maximum Gasteiger partial charge on any atom is 0.271 e. The first-order chi connectivity index (χ1) is 13.7. The Morgan fingerprint density at radius 2 is 1.72 bits per heavy atom. The Bertz CT molecular complexity index is 795. The number of ether oxygens (including phenoxy) is 1. The molecule has 0 saturated heterocycles. The minimum atomic E-state index is -0.478. The summed E-state index contributed by atoms with van der Waals surface area (Å²) in [7, 11) is 0. The summed E-state index contributed by atoms with van der Waals surface area (Å²) in [5, 5.41) is 11.1. The van der Waals surface area contributed by atoms with E-state index >= 15 is 0 Å². The van der Waals surface area contributed by atoms with Crippen LogP contribution in [-0.2, 0) is 0 Å². The largest absolute Gasteiger partial charge is 0.456 e. The molecule has 2 rings (SSSR count). The third kappa shape index (κ3) is 9.09. The molecule has 0 spiro atoms. The van der Waals surface area contributed by atoms with Crippen molar-refractivity contribution in [3.63, 3.8) is 0 Å². The van der Waals surface area contributed by atoms with Gasteiger partial charge in [0.05, 0.1) is 15.6 Å². The van der Waals surface area contributed by atoms with Gasteiger partial charge in [-0.1, -0.05) is 59.6 Å². The van der Waals surface area contributed by atoms with Crippen molar-refractivity contribution in [2.24, 2.45) is 10.9 Å². The van der Waals surface area contributed by atoms with E-state index in [0.29, 0.717) is 23.0 Å². The van der Waals surface area contributed by atoms with Crippen LogP contribution >= 0.6 is 11.6 Å². The highest BCUT2D eigenvalue weighted by atomic mass is 35.5. The number of hydrogen-bond donors (Lipinski definition) is 0. The van der Waals surface area contributed by atoms with Crippen molar-refractivity contribution in [3.05, 3.63) is 56.6 Å². The molecule has 2 aromatic rings. The number of non-ortho nitro benzene ring substituents is 1. The molecule has 0 aliphatic carbocycles. The third-order valence-electron chi connectivity index (χ3n) is 3.32. The second kappa shape index (κ2) is 13.7. The average Bonchev–Trinajstić information content (AvgIpc) is 2.66. The molecule has 0 aromatic heterocycles. The molecule has 0 aliphatic rings. The molecule has 0 amide bonds. The lowest BCUT2D eigenvalue weighted by Crippen LogP contribution is -1.94. The lowest BCUT2D eigenvalue weighted by atomic mass is 10.1. The number of aliphatic imine (C=N–C) groups is 1. The summed E-state index contributed by atoms with van der Waals surface area (Å²) in [6, 6.07) is 8.27. The summed E-state index contributed by atoms with van der Waals surface area (Å²) in [6.45, 7) is 16.1. The quantitative estimate of drug-likeness (QED) is 0.276. The van der Waals surface area contributed by atoms with Crippen LogP contribution in [0.3, 0.4) is 0 Å². The Morgan fingerprint density at radius 1 is 1.14 bits per heavy atom. The second-order valence-corrected chi connectivity index (χ2v) is 7.02. The molecule has 0 heterocycles. The van der Waals surface area contributed by atoms with Gasteiger partial charge in [-0.25, -0.2) is 0 Å². The molecule has 0 fully saturated rings. The van der Waals surface area contributed by atoms with Gasteiger partial charge in [0.25, 0.3) is 5.69 Å². The molecule has 0 unspecified atom stereocenters. The van der Waals surface area contributed by atoms with E-state index < -0.39 is 4.92 Å². The number of nitro benzene ring substituents is 1. The molecule has 0 saturated carbocycles. The SMILES string of the molecule is CC.CCC.Cc1cc(Oc2c(C)cc([N+](=O)[O-])cc2Cl)ccc1N=CC(C)C. The van der Waals surface area contributed by atoms with E-state index in [1.165, 1.54) is 18.6 Å². The summed E-state index contributed by atoms with van der Waals surface area (Å²) >= 11 is 6.13. The first kappa shape index (κ1) is 26.6.